The highest BCUT2D eigenvalue weighted by atomic mass is 79.9. The van der Waals surface area contributed by atoms with Crippen molar-refractivity contribution in [3.63, 3.8) is 0 Å². The van der Waals surface area contributed by atoms with Gasteiger partial charge in [-0.2, -0.15) is 13.2 Å². The minimum Gasteiger partial charge on any atom is -0.271 e. The van der Waals surface area contributed by atoms with Crippen molar-refractivity contribution < 1.29 is 13.2 Å². The summed E-state index contributed by atoms with van der Waals surface area (Å²) in [5, 5.41) is 0.332. The number of nitrogens with one attached hydrogen (secondary N) is 1. The fourth-order valence-corrected chi connectivity index (χ4v) is 2.70. The average molecular weight is 380 g/mol. The molecule has 2 rings (SSSR count). The van der Waals surface area contributed by atoms with E-state index in [-0.39, 0.29) is 5.56 Å². The molecule has 1 atom stereocenters. The minimum absolute atomic E-state index is 0.0208. The van der Waals surface area contributed by atoms with Crippen molar-refractivity contribution in [3.05, 3.63) is 68.7 Å². The van der Waals surface area contributed by atoms with Gasteiger partial charge in [-0.25, -0.2) is 5.43 Å². The van der Waals surface area contributed by atoms with Gasteiger partial charge in [-0.05, 0) is 35.4 Å². The summed E-state index contributed by atoms with van der Waals surface area (Å²) in [6, 6.07) is 9.34. The van der Waals surface area contributed by atoms with Crippen molar-refractivity contribution >= 4 is 27.5 Å². The van der Waals surface area contributed by atoms with E-state index >= 15 is 0 Å². The van der Waals surface area contributed by atoms with Crippen molar-refractivity contribution in [1.82, 2.24) is 5.43 Å². The number of nitrogens with two attached hydrogens (primary N) is 1. The number of alkyl halides is 3. The van der Waals surface area contributed by atoms with Crippen LogP contribution in [0.2, 0.25) is 5.02 Å². The number of benzene rings is 2. The van der Waals surface area contributed by atoms with Crippen LogP contribution in [0.5, 0.6) is 0 Å². The normalized spacial score (nSPS) is 13.2. The Morgan fingerprint density at radius 1 is 1.10 bits per heavy atom. The number of hydrogen-bond acceptors (Lipinski definition) is 2. The first kappa shape index (κ1) is 16.3. The van der Waals surface area contributed by atoms with E-state index in [1.807, 2.05) is 0 Å². The first-order chi connectivity index (χ1) is 9.84. The van der Waals surface area contributed by atoms with Gasteiger partial charge in [0.2, 0.25) is 0 Å². The largest absolute Gasteiger partial charge is 0.416 e. The Morgan fingerprint density at radius 3 is 2.38 bits per heavy atom. The first-order valence-corrected chi connectivity index (χ1v) is 7.09. The molecule has 0 heterocycles. The van der Waals surface area contributed by atoms with Gasteiger partial charge >= 0.3 is 6.18 Å². The topological polar surface area (TPSA) is 38.0 Å². The van der Waals surface area contributed by atoms with Gasteiger partial charge in [-0.15, -0.1) is 0 Å². The van der Waals surface area contributed by atoms with Gasteiger partial charge in [0, 0.05) is 9.50 Å². The SMILES string of the molecule is NNC(c1cc(Br)ccc1Cl)c1ccccc1C(F)(F)F. The fraction of sp³-hybridized carbons (Fsp3) is 0.143. The Kier molecular flexibility index (Phi) is 4.93. The van der Waals surface area contributed by atoms with Crippen LogP contribution in [-0.4, -0.2) is 0 Å². The van der Waals surface area contributed by atoms with Crippen LogP contribution < -0.4 is 11.3 Å². The summed E-state index contributed by atoms with van der Waals surface area (Å²) in [7, 11) is 0. The quantitative estimate of drug-likeness (QED) is 0.600. The molecule has 0 aliphatic rings. The Labute approximate surface area is 133 Å². The van der Waals surface area contributed by atoms with Crippen LogP contribution in [0.3, 0.4) is 0 Å². The number of hydrogen-bond donors (Lipinski definition) is 2. The predicted molar refractivity (Wildman–Crippen MR) is 79.8 cm³/mol. The van der Waals surface area contributed by atoms with Crippen LogP contribution in [0, 0.1) is 0 Å². The number of hydrazine groups is 1. The zero-order valence-electron chi connectivity index (χ0n) is 10.6. The minimum atomic E-state index is -4.47. The summed E-state index contributed by atoms with van der Waals surface area (Å²) in [5.74, 6) is 5.48. The van der Waals surface area contributed by atoms with E-state index in [4.69, 9.17) is 17.4 Å². The lowest BCUT2D eigenvalue weighted by atomic mass is 9.94. The van der Waals surface area contributed by atoms with Crippen molar-refractivity contribution in [2.24, 2.45) is 5.84 Å². The maximum absolute atomic E-state index is 13.1. The van der Waals surface area contributed by atoms with E-state index in [2.05, 4.69) is 21.4 Å². The third kappa shape index (κ3) is 3.58. The summed E-state index contributed by atoms with van der Waals surface area (Å²) >= 11 is 9.36. The van der Waals surface area contributed by atoms with Gasteiger partial charge in [-0.3, -0.25) is 5.84 Å². The molecule has 0 saturated carbocycles. The predicted octanol–water partition coefficient (Wildman–Crippen LogP) is 4.67. The standard InChI is InChI=1S/C14H11BrClF3N2/c15-8-5-6-12(16)10(7-8)13(21-20)9-3-1-2-4-11(9)14(17,18)19/h1-7,13,21H,20H2. The lowest BCUT2D eigenvalue weighted by molar-refractivity contribution is -0.138. The van der Waals surface area contributed by atoms with Crippen LogP contribution in [0.1, 0.15) is 22.7 Å². The van der Waals surface area contributed by atoms with Crippen LogP contribution in [0.4, 0.5) is 13.2 Å². The van der Waals surface area contributed by atoms with Gasteiger partial charge in [0.25, 0.3) is 0 Å². The van der Waals surface area contributed by atoms with E-state index < -0.39 is 17.8 Å². The molecule has 0 saturated heterocycles. The highest BCUT2D eigenvalue weighted by molar-refractivity contribution is 9.10. The molecule has 2 aromatic carbocycles. The van der Waals surface area contributed by atoms with Crippen molar-refractivity contribution in [3.8, 4) is 0 Å². The second-order valence-corrected chi connectivity index (χ2v) is 5.67. The molecule has 0 spiro atoms. The van der Waals surface area contributed by atoms with Crippen LogP contribution >= 0.6 is 27.5 Å². The summed E-state index contributed by atoms with van der Waals surface area (Å²) in [4.78, 5) is 0. The van der Waals surface area contributed by atoms with E-state index in [1.54, 1.807) is 18.2 Å². The molecule has 0 aromatic heterocycles. The average Bonchev–Trinajstić information content (AvgIpc) is 2.43. The first-order valence-electron chi connectivity index (χ1n) is 5.91. The summed E-state index contributed by atoms with van der Waals surface area (Å²) in [6.07, 6.45) is -4.47. The zero-order chi connectivity index (χ0) is 15.6. The van der Waals surface area contributed by atoms with Gasteiger partial charge in [-0.1, -0.05) is 45.7 Å². The molecule has 1 unspecified atom stereocenters. The molecule has 0 bridgehead atoms. The van der Waals surface area contributed by atoms with Crippen molar-refractivity contribution in [2.45, 2.75) is 12.2 Å². The lowest BCUT2D eigenvalue weighted by Crippen LogP contribution is -2.30. The van der Waals surface area contributed by atoms with Crippen LogP contribution in [-0.2, 0) is 6.18 Å². The maximum Gasteiger partial charge on any atom is 0.416 e. The molecule has 7 heteroatoms. The highest BCUT2D eigenvalue weighted by Crippen LogP contribution is 2.38. The fourth-order valence-electron chi connectivity index (χ4n) is 2.09. The Bertz CT molecular complexity index is 646. The van der Waals surface area contributed by atoms with Gasteiger partial charge < -0.3 is 0 Å². The molecule has 2 aromatic rings. The van der Waals surface area contributed by atoms with E-state index in [1.165, 1.54) is 18.2 Å². The molecular formula is C14H11BrClF3N2. The molecule has 0 aliphatic heterocycles. The molecule has 0 amide bonds. The van der Waals surface area contributed by atoms with E-state index in [0.29, 0.717) is 15.1 Å². The molecule has 0 radical (unpaired) electrons. The molecule has 21 heavy (non-hydrogen) atoms. The summed E-state index contributed by atoms with van der Waals surface area (Å²) < 4.78 is 40.1. The number of rotatable bonds is 3. The maximum atomic E-state index is 13.1. The zero-order valence-corrected chi connectivity index (χ0v) is 12.9. The van der Waals surface area contributed by atoms with Crippen molar-refractivity contribution in [2.75, 3.05) is 0 Å². The summed E-state index contributed by atoms with van der Waals surface area (Å²) in [6.45, 7) is 0. The Morgan fingerprint density at radius 2 is 1.76 bits per heavy atom. The van der Waals surface area contributed by atoms with Gasteiger partial charge in [0.1, 0.15) is 0 Å². The molecule has 0 fully saturated rings. The van der Waals surface area contributed by atoms with E-state index in [0.717, 1.165) is 6.07 Å². The second kappa shape index (κ2) is 6.36. The summed E-state index contributed by atoms with van der Waals surface area (Å²) in [5.41, 5.74) is 2.15. The molecule has 112 valence electrons. The molecule has 2 nitrogen and oxygen atoms in total. The Hall–Kier alpha value is -1.08. The number of halogens is 5. The third-order valence-electron chi connectivity index (χ3n) is 3.01. The lowest BCUT2D eigenvalue weighted by Gasteiger charge is -2.22. The van der Waals surface area contributed by atoms with Gasteiger partial charge in [0.05, 0.1) is 11.6 Å². The van der Waals surface area contributed by atoms with Gasteiger partial charge in [0.15, 0.2) is 0 Å². The van der Waals surface area contributed by atoms with E-state index in [9.17, 15) is 13.2 Å². The van der Waals surface area contributed by atoms with Crippen LogP contribution in [0.25, 0.3) is 0 Å². The molecule has 3 N–H and O–H groups in total. The monoisotopic (exact) mass is 378 g/mol. The van der Waals surface area contributed by atoms with Crippen LogP contribution in [0.15, 0.2) is 46.9 Å². The third-order valence-corrected chi connectivity index (χ3v) is 3.85. The second-order valence-electron chi connectivity index (χ2n) is 4.35. The Balaban J connectivity index is 2.60. The van der Waals surface area contributed by atoms with Crippen molar-refractivity contribution in [1.29, 1.82) is 0 Å². The smallest absolute Gasteiger partial charge is 0.271 e. The molecular weight excluding hydrogens is 369 g/mol. The molecule has 0 aliphatic carbocycles. The highest BCUT2D eigenvalue weighted by Gasteiger charge is 2.35.